The summed E-state index contributed by atoms with van der Waals surface area (Å²) in [4.78, 5) is 0. The van der Waals surface area contributed by atoms with Gasteiger partial charge in [-0.1, -0.05) is 0 Å². The number of hydrogen-bond acceptors (Lipinski definition) is 2. The molecule has 0 aliphatic carbocycles. The average Bonchev–Trinajstić information content (AvgIpc) is 2.68. The van der Waals surface area contributed by atoms with Gasteiger partial charge in [0.05, 0.1) is 12.1 Å². The highest BCUT2D eigenvalue weighted by atomic mass is 19.1. The number of rotatable bonds is 4. The zero-order chi connectivity index (χ0) is 11.5. The Kier molecular flexibility index (Phi) is 3.22. The molecule has 0 atom stereocenters. The van der Waals surface area contributed by atoms with E-state index in [1.807, 2.05) is 16.8 Å². The average molecular weight is 223 g/mol. The molecule has 2 rings (SSSR count). The fourth-order valence-corrected chi connectivity index (χ4v) is 1.72. The maximum Gasteiger partial charge on any atom is 0.174 e. The number of methoxy groups -OCH3 is 2. The molecule has 0 bridgehead atoms. The van der Waals surface area contributed by atoms with E-state index in [9.17, 15) is 4.39 Å². The third-order valence-corrected chi connectivity index (χ3v) is 2.61. The van der Waals surface area contributed by atoms with Crippen molar-refractivity contribution < 1.29 is 13.9 Å². The summed E-state index contributed by atoms with van der Waals surface area (Å²) in [6.07, 6.45) is 1.58. The van der Waals surface area contributed by atoms with Gasteiger partial charge in [-0.25, -0.2) is 4.39 Å². The van der Waals surface area contributed by atoms with Gasteiger partial charge < -0.3 is 14.0 Å². The molecule has 0 aliphatic heterocycles. The van der Waals surface area contributed by atoms with Crippen molar-refractivity contribution in [3.05, 3.63) is 36.3 Å². The Hall–Kier alpha value is -1.39. The van der Waals surface area contributed by atoms with Crippen LogP contribution in [0.15, 0.2) is 30.5 Å². The molecule has 0 spiro atoms. The summed E-state index contributed by atoms with van der Waals surface area (Å²) < 4.78 is 25.3. The molecule has 0 fully saturated rings. The highest BCUT2D eigenvalue weighted by Crippen LogP contribution is 2.17. The molecule has 0 saturated carbocycles. The third kappa shape index (κ3) is 2.08. The maximum absolute atomic E-state index is 13.1. The first-order valence-electron chi connectivity index (χ1n) is 5.04. The molecule has 1 aromatic heterocycles. The summed E-state index contributed by atoms with van der Waals surface area (Å²) in [6, 6.07) is 6.67. The van der Waals surface area contributed by atoms with Crippen LogP contribution in [-0.2, 0) is 16.0 Å². The van der Waals surface area contributed by atoms with Crippen LogP contribution in [0, 0.1) is 5.82 Å². The summed E-state index contributed by atoms with van der Waals surface area (Å²) >= 11 is 0. The van der Waals surface area contributed by atoms with Crippen LogP contribution in [0.5, 0.6) is 0 Å². The van der Waals surface area contributed by atoms with Crippen molar-refractivity contribution in [3.63, 3.8) is 0 Å². The SMILES string of the molecule is COC(Cn1ccc2ccc(F)cc21)OC. The van der Waals surface area contributed by atoms with Crippen LogP contribution in [0.3, 0.4) is 0 Å². The third-order valence-electron chi connectivity index (χ3n) is 2.61. The summed E-state index contributed by atoms with van der Waals surface area (Å²) in [5, 5.41) is 1.01. The molecule has 0 unspecified atom stereocenters. The van der Waals surface area contributed by atoms with E-state index < -0.39 is 0 Å². The summed E-state index contributed by atoms with van der Waals surface area (Å²) in [7, 11) is 3.17. The second-order valence-corrected chi connectivity index (χ2v) is 3.57. The minimum atomic E-state index is -0.320. The van der Waals surface area contributed by atoms with E-state index >= 15 is 0 Å². The van der Waals surface area contributed by atoms with E-state index in [-0.39, 0.29) is 12.1 Å². The Morgan fingerprint density at radius 2 is 2.00 bits per heavy atom. The van der Waals surface area contributed by atoms with Crippen molar-refractivity contribution in [2.24, 2.45) is 0 Å². The predicted octanol–water partition coefficient (Wildman–Crippen LogP) is 2.40. The van der Waals surface area contributed by atoms with Gasteiger partial charge in [0.2, 0.25) is 0 Å². The molecule has 1 heterocycles. The van der Waals surface area contributed by atoms with Gasteiger partial charge in [0, 0.05) is 20.4 Å². The summed E-state index contributed by atoms with van der Waals surface area (Å²) in [6.45, 7) is 0.542. The lowest BCUT2D eigenvalue weighted by molar-refractivity contribution is -0.110. The predicted molar refractivity (Wildman–Crippen MR) is 59.7 cm³/mol. The van der Waals surface area contributed by atoms with Crippen molar-refractivity contribution in [1.29, 1.82) is 0 Å². The Labute approximate surface area is 93.4 Å². The van der Waals surface area contributed by atoms with Crippen molar-refractivity contribution in [2.75, 3.05) is 14.2 Å². The van der Waals surface area contributed by atoms with Gasteiger partial charge in [0.25, 0.3) is 0 Å². The Morgan fingerprint density at radius 1 is 1.25 bits per heavy atom. The van der Waals surface area contributed by atoms with Crippen molar-refractivity contribution in [1.82, 2.24) is 4.57 Å². The fraction of sp³-hybridized carbons (Fsp3) is 0.333. The van der Waals surface area contributed by atoms with Gasteiger partial charge in [0.1, 0.15) is 5.82 Å². The maximum atomic E-state index is 13.1. The van der Waals surface area contributed by atoms with Gasteiger partial charge in [-0.2, -0.15) is 0 Å². The molecule has 16 heavy (non-hydrogen) atoms. The highest BCUT2D eigenvalue weighted by Gasteiger charge is 2.08. The Bertz CT molecular complexity index is 477. The summed E-state index contributed by atoms with van der Waals surface area (Å²) in [5.41, 5.74) is 0.846. The standard InChI is InChI=1S/C12H14FNO2/c1-15-12(16-2)8-14-6-5-9-3-4-10(13)7-11(9)14/h3-7,12H,8H2,1-2H3. The van der Waals surface area contributed by atoms with Crippen LogP contribution in [0.4, 0.5) is 4.39 Å². The number of nitrogens with zero attached hydrogens (tertiary/aromatic N) is 1. The molecule has 1 aromatic carbocycles. The van der Waals surface area contributed by atoms with Crippen LogP contribution < -0.4 is 0 Å². The number of aromatic nitrogens is 1. The zero-order valence-corrected chi connectivity index (χ0v) is 9.31. The van der Waals surface area contributed by atoms with Gasteiger partial charge in [-0.3, -0.25) is 0 Å². The van der Waals surface area contributed by atoms with Crippen LogP contribution >= 0.6 is 0 Å². The first-order chi connectivity index (χ1) is 7.74. The molecule has 4 heteroatoms. The lowest BCUT2D eigenvalue weighted by atomic mass is 10.2. The zero-order valence-electron chi connectivity index (χ0n) is 9.31. The molecule has 3 nitrogen and oxygen atoms in total. The monoisotopic (exact) mass is 223 g/mol. The second kappa shape index (κ2) is 4.63. The van der Waals surface area contributed by atoms with Crippen molar-refractivity contribution in [3.8, 4) is 0 Å². The van der Waals surface area contributed by atoms with Crippen LogP contribution in [0.1, 0.15) is 0 Å². The van der Waals surface area contributed by atoms with Crippen molar-refractivity contribution >= 4 is 10.9 Å². The van der Waals surface area contributed by atoms with E-state index in [4.69, 9.17) is 9.47 Å². The molecule has 0 radical (unpaired) electrons. The molecular formula is C12H14FNO2. The van der Waals surface area contributed by atoms with Gasteiger partial charge in [-0.05, 0) is 29.7 Å². The van der Waals surface area contributed by atoms with Gasteiger partial charge in [-0.15, -0.1) is 0 Å². The van der Waals surface area contributed by atoms with E-state index in [1.165, 1.54) is 12.1 Å². The van der Waals surface area contributed by atoms with Crippen LogP contribution in [0.25, 0.3) is 10.9 Å². The Morgan fingerprint density at radius 3 is 2.69 bits per heavy atom. The topological polar surface area (TPSA) is 23.4 Å². The van der Waals surface area contributed by atoms with Crippen LogP contribution in [-0.4, -0.2) is 25.1 Å². The number of halogens is 1. The normalized spacial score (nSPS) is 11.5. The lowest BCUT2D eigenvalue weighted by Crippen LogP contribution is -2.19. The van der Waals surface area contributed by atoms with Crippen LogP contribution in [0.2, 0.25) is 0 Å². The smallest absolute Gasteiger partial charge is 0.174 e. The number of fused-ring (bicyclic) bond motifs is 1. The molecule has 0 N–H and O–H groups in total. The Balaban J connectivity index is 2.33. The first-order valence-corrected chi connectivity index (χ1v) is 5.04. The summed E-state index contributed by atoms with van der Waals surface area (Å²) in [5.74, 6) is -0.237. The van der Waals surface area contributed by atoms with Gasteiger partial charge in [0.15, 0.2) is 6.29 Å². The second-order valence-electron chi connectivity index (χ2n) is 3.57. The van der Waals surface area contributed by atoms with E-state index in [0.29, 0.717) is 6.54 Å². The molecule has 0 aliphatic rings. The molecule has 86 valence electrons. The number of benzene rings is 1. The molecule has 2 aromatic rings. The minimum Gasteiger partial charge on any atom is -0.354 e. The fourth-order valence-electron chi connectivity index (χ4n) is 1.72. The molecule has 0 saturated heterocycles. The lowest BCUT2D eigenvalue weighted by Gasteiger charge is -2.14. The quantitative estimate of drug-likeness (QED) is 0.743. The van der Waals surface area contributed by atoms with Gasteiger partial charge >= 0.3 is 0 Å². The highest BCUT2D eigenvalue weighted by molar-refractivity contribution is 5.80. The van der Waals surface area contributed by atoms with E-state index in [1.54, 1.807) is 20.3 Å². The largest absolute Gasteiger partial charge is 0.354 e. The first kappa shape index (κ1) is 11.1. The molecule has 0 amide bonds. The van der Waals surface area contributed by atoms with Crippen molar-refractivity contribution in [2.45, 2.75) is 12.8 Å². The minimum absolute atomic E-state index is 0.237. The van der Waals surface area contributed by atoms with E-state index in [2.05, 4.69) is 0 Å². The van der Waals surface area contributed by atoms with E-state index in [0.717, 1.165) is 10.9 Å². The number of hydrogen-bond donors (Lipinski definition) is 0. The number of ether oxygens (including phenoxy) is 2. The molecular weight excluding hydrogens is 209 g/mol.